The summed E-state index contributed by atoms with van der Waals surface area (Å²) in [6, 6.07) is 6.15. The molecule has 0 aliphatic carbocycles. The molecule has 9 heteroatoms. The van der Waals surface area contributed by atoms with Crippen LogP contribution in [-0.2, 0) is 11.2 Å². The van der Waals surface area contributed by atoms with Gasteiger partial charge in [0, 0.05) is 52.7 Å². The van der Waals surface area contributed by atoms with E-state index in [2.05, 4.69) is 56.0 Å². The van der Waals surface area contributed by atoms with Crippen LogP contribution in [0.1, 0.15) is 114 Å². The number of carbonyl (C=O) groups is 2. The van der Waals surface area contributed by atoms with Crippen molar-refractivity contribution in [3.8, 4) is 0 Å². The fourth-order valence-corrected chi connectivity index (χ4v) is 6.72. The Bertz CT molecular complexity index is 1850. The van der Waals surface area contributed by atoms with Gasteiger partial charge in [0.1, 0.15) is 0 Å². The third-order valence-corrected chi connectivity index (χ3v) is 9.38. The second kappa shape index (κ2) is 12.4. The summed E-state index contributed by atoms with van der Waals surface area (Å²) in [6.45, 7) is 15.9. The van der Waals surface area contributed by atoms with E-state index < -0.39 is 11.9 Å². The third-order valence-electron chi connectivity index (χ3n) is 9.38. The van der Waals surface area contributed by atoms with Crippen LogP contribution in [0.4, 0.5) is 0 Å². The van der Waals surface area contributed by atoms with Crippen LogP contribution in [0.15, 0.2) is 18.2 Å². The number of hydrogen-bond acceptors (Lipinski definition) is 5. The van der Waals surface area contributed by atoms with Crippen molar-refractivity contribution in [3.63, 3.8) is 0 Å². The van der Waals surface area contributed by atoms with Crippen molar-refractivity contribution in [2.24, 2.45) is 0 Å². The Hall–Kier alpha value is -4.24. The Morgan fingerprint density at radius 1 is 0.909 bits per heavy atom. The number of nitrogens with one attached hydrogen (secondary N) is 3. The lowest BCUT2D eigenvalue weighted by molar-refractivity contribution is -0.137. The number of aromatic amines is 2. The molecule has 0 saturated carbocycles. The van der Waals surface area contributed by atoms with Gasteiger partial charge in [-0.2, -0.15) is 0 Å². The van der Waals surface area contributed by atoms with Gasteiger partial charge in [0.2, 0.25) is 0 Å². The maximum absolute atomic E-state index is 12.6. The minimum atomic E-state index is -1.02. The molecule has 2 atom stereocenters. The molecule has 0 fully saturated rings. The second-order valence-corrected chi connectivity index (χ2v) is 12.1. The zero-order valence-corrected chi connectivity index (χ0v) is 26.7. The number of H-pyrrole nitrogens is 2. The zero-order chi connectivity index (χ0) is 31.9. The minimum Gasteiger partial charge on any atom is -0.481 e. The van der Waals surface area contributed by atoms with Crippen molar-refractivity contribution in [3.05, 3.63) is 68.8 Å². The first-order valence-corrected chi connectivity index (χ1v) is 15.6. The molecule has 0 aromatic carbocycles. The molecule has 0 unspecified atom stereocenters. The summed E-state index contributed by atoms with van der Waals surface area (Å²) in [7, 11) is 0. The van der Waals surface area contributed by atoms with Crippen LogP contribution in [0.5, 0.6) is 0 Å². The molecule has 5 N–H and O–H groups in total. The van der Waals surface area contributed by atoms with E-state index in [-0.39, 0.29) is 23.8 Å². The largest absolute Gasteiger partial charge is 0.481 e. The first-order valence-electron chi connectivity index (χ1n) is 15.6. The van der Waals surface area contributed by atoms with E-state index in [0.717, 1.165) is 75.5 Å². The van der Waals surface area contributed by atoms with Crippen molar-refractivity contribution < 1.29 is 19.8 Å². The Balaban J connectivity index is 1.93. The van der Waals surface area contributed by atoms with Crippen LogP contribution in [-0.4, -0.2) is 55.2 Å². The zero-order valence-electron chi connectivity index (χ0n) is 26.7. The van der Waals surface area contributed by atoms with Crippen molar-refractivity contribution in [2.45, 2.75) is 86.0 Å². The van der Waals surface area contributed by atoms with Gasteiger partial charge in [-0.05, 0) is 105 Å². The van der Waals surface area contributed by atoms with Crippen LogP contribution < -0.4 is 5.32 Å². The van der Waals surface area contributed by atoms with Gasteiger partial charge in [-0.25, -0.2) is 9.78 Å². The highest BCUT2D eigenvalue weighted by Gasteiger charge is 2.32. The third kappa shape index (κ3) is 5.56. The highest BCUT2D eigenvalue weighted by molar-refractivity contribution is 6.02. The number of carboxylic acids is 2. The molecule has 2 aliphatic heterocycles. The van der Waals surface area contributed by atoms with E-state index >= 15 is 0 Å². The van der Waals surface area contributed by atoms with Crippen LogP contribution in [0.25, 0.3) is 33.2 Å². The summed E-state index contributed by atoms with van der Waals surface area (Å²) in [6.07, 6.45) is 2.23. The number of aromatic nitrogens is 4. The molecule has 0 spiro atoms. The van der Waals surface area contributed by atoms with Crippen molar-refractivity contribution in [1.82, 2.24) is 25.3 Å². The fraction of sp³-hybridized carbons (Fsp3) is 0.429. The molecule has 3 aromatic heterocycles. The Kier molecular flexibility index (Phi) is 8.79. The molecule has 9 nitrogen and oxygen atoms in total. The number of fused-ring (bicyclic) bond motifs is 8. The van der Waals surface area contributed by atoms with Crippen molar-refractivity contribution in [1.29, 1.82) is 0 Å². The Morgan fingerprint density at radius 2 is 1.64 bits per heavy atom. The average molecular weight is 598 g/mol. The summed E-state index contributed by atoms with van der Waals surface area (Å²) in [5.41, 5.74) is 12.5. The monoisotopic (exact) mass is 597 g/mol. The minimum absolute atomic E-state index is 0.00273. The SMILES string of the molecule is CCCNCC1=C(C)c2cc3nc(c(C)c4[nH]c(cc5[nH]c(cc1n2)c(C)c5CC)c(C)c4C(=O)O)[C@@H](CCC(=O)O)[C@@H]3C. The van der Waals surface area contributed by atoms with Gasteiger partial charge < -0.3 is 25.5 Å². The van der Waals surface area contributed by atoms with Gasteiger partial charge in [0.05, 0.1) is 22.5 Å². The molecule has 5 rings (SSSR count). The Labute approximate surface area is 257 Å². The number of nitrogens with zero attached hydrogens (tertiary/aromatic N) is 2. The molecule has 0 radical (unpaired) electrons. The molecular formula is C35H43N5O4. The molecule has 44 heavy (non-hydrogen) atoms. The Morgan fingerprint density at radius 3 is 2.30 bits per heavy atom. The lowest BCUT2D eigenvalue weighted by Gasteiger charge is -2.16. The number of aliphatic carboxylic acids is 1. The van der Waals surface area contributed by atoms with Gasteiger partial charge in [-0.15, -0.1) is 0 Å². The topological polar surface area (TPSA) is 144 Å². The van der Waals surface area contributed by atoms with Crippen LogP contribution in [0, 0.1) is 20.8 Å². The number of aryl methyl sites for hydroxylation is 4. The molecular weight excluding hydrogens is 554 g/mol. The van der Waals surface area contributed by atoms with Crippen LogP contribution in [0.3, 0.4) is 0 Å². The fourth-order valence-electron chi connectivity index (χ4n) is 6.72. The van der Waals surface area contributed by atoms with Gasteiger partial charge in [0.15, 0.2) is 0 Å². The predicted molar refractivity (Wildman–Crippen MR) is 175 cm³/mol. The number of hydrogen-bond donors (Lipinski definition) is 5. The predicted octanol–water partition coefficient (Wildman–Crippen LogP) is 7.18. The summed E-state index contributed by atoms with van der Waals surface area (Å²) in [5, 5.41) is 23.4. The van der Waals surface area contributed by atoms with Crippen LogP contribution in [0.2, 0.25) is 0 Å². The summed E-state index contributed by atoms with van der Waals surface area (Å²) in [5.74, 6) is -2.14. The second-order valence-electron chi connectivity index (χ2n) is 12.1. The van der Waals surface area contributed by atoms with E-state index in [1.54, 1.807) is 0 Å². The number of aromatic carboxylic acids is 1. The number of carboxylic acid groups (broad SMARTS) is 2. The van der Waals surface area contributed by atoms with Gasteiger partial charge in [-0.3, -0.25) is 9.78 Å². The molecule has 0 saturated heterocycles. The van der Waals surface area contributed by atoms with Gasteiger partial charge in [0.25, 0.3) is 0 Å². The molecule has 5 heterocycles. The maximum Gasteiger partial charge on any atom is 0.338 e. The van der Waals surface area contributed by atoms with Crippen LogP contribution >= 0.6 is 0 Å². The standard InChI is InChI=1S/C35H43N5O4/c1-8-12-36-16-24-19(5)25-13-27-18(4)23(10-11-31(41)42)33(39-27)21(7)34-32(35(43)44)20(6)28(40-34)15-29-22(9-2)17(3)26(37-29)14-30(24)38-25/h13-15,18,23,36-37,40H,8-12,16H2,1-7H3,(H,41,42)(H,43,44)/t18-,23-/m0/s1. The molecule has 232 valence electrons. The summed E-state index contributed by atoms with van der Waals surface area (Å²) >= 11 is 0. The first kappa shape index (κ1) is 31.2. The summed E-state index contributed by atoms with van der Waals surface area (Å²) in [4.78, 5) is 41.5. The average Bonchev–Trinajstić information content (AvgIpc) is 3.65. The number of allylic oxidation sites excluding steroid dienone is 1. The van der Waals surface area contributed by atoms with E-state index in [1.807, 2.05) is 26.0 Å². The van der Waals surface area contributed by atoms with E-state index in [4.69, 9.17) is 9.97 Å². The molecule has 0 amide bonds. The lowest BCUT2D eigenvalue weighted by atomic mass is 9.85. The highest BCUT2D eigenvalue weighted by atomic mass is 16.4. The quantitative estimate of drug-likeness (QED) is 0.164. The number of rotatable bonds is 9. The van der Waals surface area contributed by atoms with Crippen molar-refractivity contribution in [2.75, 3.05) is 13.1 Å². The molecule has 8 bridgehead atoms. The van der Waals surface area contributed by atoms with E-state index in [0.29, 0.717) is 35.1 Å². The maximum atomic E-state index is 12.6. The molecule has 3 aromatic rings. The van der Waals surface area contributed by atoms with E-state index in [1.165, 1.54) is 0 Å². The first-order chi connectivity index (χ1) is 21.0. The van der Waals surface area contributed by atoms with Gasteiger partial charge in [-0.1, -0.05) is 20.8 Å². The summed E-state index contributed by atoms with van der Waals surface area (Å²) < 4.78 is 0. The van der Waals surface area contributed by atoms with Crippen molar-refractivity contribution >= 4 is 45.2 Å². The van der Waals surface area contributed by atoms with E-state index in [9.17, 15) is 19.8 Å². The molecule has 2 aliphatic rings. The van der Waals surface area contributed by atoms with Gasteiger partial charge >= 0.3 is 11.9 Å². The highest BCUT2D eigenvalue weighted by Crippen LogP contribution is 2.42. The smallest absolute Gasteiger partial charge is 0.338 e. The lowest BCUT2D eigenvalue weighted by Crippen LogP contribution is -2.17. The normalized spacial score (nSPS) is 16.5.